The Labute approximate surface area is 175 Å². The van der Waals surface area contributed by atoms with Crippen LogP contribution in [0.4, 0.5) is 10.1 Å². The Morgan fingerprint density at radius 1 is 1.24 bits per heavy atom. The van der Waals surface area contributed by atoms with Gasteiger partial charge >= 0.3 is 0 Å². The van der Waals surface area contributed by atoms with Gasteiger partial charge in [0.2, 0.25) is 5.91 Å². The highest BCUT2D eigenvalue weighted by molar-refractivity contribution is 6.31. The lowest BCUT2D eigenvalue weighted by Crippen LogP contribution is -2.63. The van der Waals surface area contributed by atoms with E-state index >= 15 is 0 Å². The fourth-order valence-electron chi connectivity index (χ4n) is 3.67. The maximum absolute atomic E-state index is 14.1. The molecule has 2 aromatic rings. The standard InChI is InChI=1S/C22H25ClFN3O2/c1-13(2)8-14-6-4-5-7-16(14)22(11-26-12-22)21(29)27-19-10-18(24)17(23)9-15(19)20(28)25-3/h4-7,9-10,13,26H,8,11-12H2,1-3H3,(H,25,28)(H,27,29). The molecule has 0 aliphatic carbocycles. The lowest BCUT2D eigenvalue weighted by Gasteiger charge is -2.42. The Balaban J connectivity index is 1.99. The van der Waals surface area contributed by atoms with Gasteiger partial charge in [-0.2, -0.15) is 0 Å². The third kappa shape index (κ3) is 4.14. The molecule has 0 saturated carbocycles. The topological polar surface area (TPSA) is 70.2 Å². The van der Waals surface area contributed by atoms with Crippen LogP contribution >= 0.6 is 11.6 Å². The van der Waals surface area contributed by atoms with Gasteiger partial charge in [-0.3, -0.25) is 9.59 Å². The molecule has 7 heteroatoms. The van der Waals surface area contributed by atoms with Crippen LogP contribution in [0.5, 0.6) is 0 Å². The minimum absolute atomic E-state index is 0.101. The number of hydrogen-bond acceptors (Lipinski definition) is 3. The summed E-state index contributed by atoms with van der Waals surface area (Å²) >= 11 is 5.84. The molecule has 1 aliphatic heterocycles. The van der Waals surface area contributed by atoms with Crippen LogP contribution in [0.15, 0.2) is 36.4 Å². The van der Waals surface area contributed by atoms with Gasteiger partial charge in [0.05, 0.1) is 21.7 Å². The van der Waals surface area contributed by atoms with Crippen LogP contribution in [-0.4, -0.2) is 32.0 Å². The van der Waals surface area contributed by atoms with E-state index in [1.54, 1.807) is 0 Å². The van der Waals surface area contributed by atoms with E-state index in [9.17, 15) is 14.0 Å². The van der Waals surface area contributed by atoms with E-state index in [0.29, 0.717) is 19.0 Å². The van der Waals surface area contributed by atoms with Crippen molar-refractivity contribution in [2.24, 2.45) is 5.92 Å². The number of halogens is 2. The second kappa shape index (κ2) is 8.51. The van der Waals surface area contributed by atoms with Crippen LogP contribution in [0.1, 0.15) is 35.3 Å². The van der Waals surface area contributed by atoms with E-state index in [1.165, 1.54) is 13.1 Å². The fraction of sp³-hybridized carbons (Fsp3) is 0.364. The van der Waals surface area contributed by atoms with E-state index < -0.39 is 17.1 Å². The third-order valence-corrected chi connectivity index (χ3v) is 5.52. The number of carbonyl (C=O) groups excluding carboxylic acids is 2. The Kier molecular flexibility index (Phi) is 6.24. The summed E-state index contributed by atoms with van der Waals surface area (Å²) in [4.78, 5) is 25.6. The van der Waals surface area contributed by atoms with Crippen molar-refractivity contribution in [3.8, 4) is 0 Å². The molecule has 1 fully saturated rings. The number of nitrogens with one attached hydrogen (secondary N) is 3. The summed E-state index contributed by atoms with van der Waals surface area (Å²) in [6.07, 6.45) is 0.851. The maximum atomic E-state index is 14.1. The number of carbonyl (C=O) groups is 2. The average Bonchev–Trinajstić information content (AvgIpc) is 2.64. The highest BCUT2D eigenvalue weighted by Gasteiger charge is 2.47. The van der Waals surface area contributed by atoms with Crippen molar-refractivity contribution in [1.29, 1.82) is 0 Å². The van der Waals surface area contributed by atoms with Gasteiger partial charge in [0.25, 0.3) is 5.91 Å². The second-order valence-corrected chi connectivity index (χ2v) is 8.19. The van der Waals surface area contributed by atoms with Gasteiger partial charge in [-0.15, -0.1) is 0 Å². The lowest BCUT2D eigenvalue weighted by atomic mass is 9.71. The Hall–Kier alpha value is -2.44. The Morgan fingerprint density at radius 2 is 1.93 bits per heavy atom. The lowest BCUT2D eigenvalue weighted by molar-refractivity contribution is -0.123. The molecule has 1 saturated heterocycles. The summed E-state index contributed by atoms with van der Waals surface area (Å²) in [5.74, 6) is -0.993. The Bertz CT molecular complexity index is 942. The van der Waals surface area contributed by atoms with Crippen LogP contribution in [0, 0.1) is 11.7 Å². The van der Waals surface area contributed by atoms with Gasteiger partial charge < -0.3 is 16.0 Å². The Morgan fingerprint density at radius 3 is 2.52 bits per heavy atom. The van der Waals surface area contributed by atoms with Crippen LogP contribution in [0.2, 0.25) is 5.02 Å². The molecule has 2 amide bonds. The third-order valence-electron chi connectivity index (χ3n) is 5.23. The fourth-order valence-corrected chi connectivity index (χ4v) is 3.83. The van der Waals surface area contributed by atoms with Gasteiger partial charge in [0.1, 0.15) is 5.82 Å². The van der Waals surface area contributed by atoms with Crippen molar-refractivity contribution >= 4 is 29.1 Å². The zero-order valence-electron chi connectivity index (χ0n) is 16.7. The summed E-state index contributed by atoms with van der Waals surface area (Å²) in [6, 6.07) is 10.2. The molecule has 0 spiro atoms. The molecular weight excluding hydrogens is 393 g/mol. The zero-order valence-corrected chi connectivity index (χ0v) is 17.5. The minimum Gasteiger partial charge on any atom is -0.355 e. The van der Waals surface area contributed by atoms with E-state index in [0.717, 1.165) is 23.6 Å². The maximum Gasteiger partial charge on any atom is 0.253 e. The van der Waals surface area contributed by atoms with Crippen molar-refractivity contribution < 1.29 is 14.0 Å². The van der Waals surface area contributed by atoms with Crippen LogP contribution in [0.25, 0.3) is 0 Å². The highest BCUT2D eigenvalue weighted by atomic mass is 35.5. The van der Waals surface area contributed by atoms with Gasteiger partial charge in [-0.25, -0.2) is 4.39 Å². The van der Waals surface area contributed by atoms with Crippen LogP contribution in [0.3, 0.4) is 0 Å². The van der Waals surface area contributed by atoms with Gasteiger partial charge in [0, 0.05) is 20.1 Å². The smallest absolute Gasteiger partial charge is 0.253 e. The van der Waals surface area contributed by atoms with Gasteiger partial charge in [-0.1, -0.05) is 49.7 Å². The first kappa shape index (κ1) is 21.3. The van der Waals surface area contributed by atoms with Crippen molar-refractivity contribution in [1.82, 2.24) is 10.6 Å². The molecule has 3 rings (SSSR count). The van der Waals surface area contributed by atoms with Gasteiger partial charge in [0.15, 0.2) is 0 Å². The number of rotatable bonds is 6. The molecule has 0 bridgehead atoms. The summed E-state index contributed by atoms with van der Waals surface area (Å²) < 4.78 is 14.1. The first-order valence-electron chi connectivity index (χ1n) is 9.60. The predicted octanol–water partition coefficient (Wildman–Crippen LogP) is 3.52. The highest BCUT2D eigenvalue weighted by Crippen LogP contribution is 2.35. The van der Waals surface area contributed by atoms with Gasteiger partial charge in [-0.05, 0) is 35.6 Å². The van der Waals surface area contributed by atoms with Crippen molar-refractivity contribution in [3.63, 3.8) is 0 Å². The second-order valence-electron chi connectivity index (χ2n) is 7.79. The summed E-state index contributed by atoms with van der Waals surface area (Å²) in [5.41, 5.74) is 1.52. The van der Waals surface area contributed by atoms with Crippen molar-refractivity contribution in [3.05, 3.63) is 63.9 Å². The van der Waals surface area contributed by atoms with Crippen molar-refractivity contribution in [2.45, 2.75) is 25.7 Å². The first-order chi connectivity index (χ1) is 13.8. The largest absolute Gasteiger partial charge is 0.355 e. The normalized spacial score (nSPS) is 15.0. The molecule has 29 heavy (non-hydrogen) atoms. The molecule has 0 radical (unpaired) electrons. The molecule has 1 aliphatic rings. The summed E-state index contributed by atoms with van der Waals surface area (Å²) in [6.45, 7) is 5.21. The molecule has 1 heterocycles. The number of benzene rings is 2. The monoisotopic (exact) mass is 417 g/mol. The summed E-state index contributed by atoms with van der Waals surface area (Å²) in [7, 11) is 1.46. The van der Waals surface area contributed by atoms with Crippen molar-refractivity contribution in [2.75, 3.05) is 25.5 Å². The molecule has 0 aromatic heterocycles. The molecule has 2 aromatic carbocycles. The molecule has 0 atom stereocenters. The number of amides is 2. The first-order valence-corrected chi connectivity index (χ1v) is 9.98. The zero-order chi connectivity index (χ0) is 21.2. The number of hydrogen-bond donors (Lipinski definition) is 3. The van der Waals surface area contributed by atoms with E-state index in [4.69, 9.17) is 11.6 Å². The van der Waals surface area contributed by atoms with Crippen LogP contribution < -0.4 is 16.0 Å². The molecular formula is C22H25ClFN3O2. The van der Waals surface area contributed by atoms with E-state index in [2.05, 4.69) is 29.8 Å². The number of anilines is 1. The SMILES string of the molecule is CNC(=O)c1cc(Cl)c(F)cc1NC(=O)C1(c2ccccc2CC(C)C)CNC1. The van der Waals surface area contributed by atoms with Crippen LogP contribution in [-0.2, 0) is 16.6 Å². The van der Waals surface area contributed by atoms with E-state index in [-0.39, 0.29) is 22.2 Å². The molecule has 154 valence electrons. The minimum atomic E-state index is -0.776. The predicted molar refractivity (Wildman–Crippen MR) is 113 cm³/mol. The molecule has 5 nitrogen and oxygen atoms in total. The average molecular weight is 418 g/mol. The molecule has 3 N–H and O–H groups in total. The summed E-state index contributed by atoms with van der Waals surface area (Å²) in [5, 5.41) is 8.27. The quantitative estimate of drug-likeness (QED) is 0.673. The molecule has 0 unspecified atom stereocenters. The van der Waals surface area contributed by atoms with E-state index in [1.807, 2.05) is 24.3 Å².